The van der Waals surface area contributed by atoms with Gasteiger partial charge in [-0.05, 0) is 31.0 Å². The van der Waals surface area contributed by atoms with Gasteiger partial charge in [-0.15, -0.1) is 0 Å². The van der Waals surface area contributed by atoms with Gasteiger partial charge in [-0.25, -0.2) is 0 Å². The lowest BCUT2D eigenvalue weighted by molar-refractivity contribution is -0.117. The molecule has 0 saturated carbocycles. The Hall–Kier alpha value is -4.39. The van der Waals surface area contributed by atoms with Crippen LogP contribution in [-0.2, 0) is 11.3 Å². The SMILES string of the molecule is COc1cc(NC(=O)c2cn(Cc3ccccc3)nc2-c2ccc(C)cc2)ccc1N1CCCC1=O. The summed E-state index contributed by atoms with van der Waals surface area (Å²) in [4.78, 5) is 27.4. The van der Waals surface area contributed by atoms with Crippen LogP contribution in [0.25, 0.3) is 11.3 Å². The van der Waals surface area contributed by atoms with Crippen molar-refractivity contribution in [1.29, 1.82) is 0 Å². The first-order valence-corrected chi connectivity index (χ1v) is 12.0. The van der Waals surface area contributed by atoms with Crippen LogP contribution in [0.2, 0.25) is 0 Å². The Morgan fingerprint density at radius 3 is 2.53 bits per heavy atom. The Morgan fingerprint density at radius 2 is 1.83 bits per heavy atom. The van der Waals surface area contributed by atoms with Crippen LogP contribution >= 0.6 is 0 Å². The summed E-state index contributed by atoms with van der Waals surface area (Å²) in [6.07, 6.45) is 3.15. The molecule has 0 unspecified atom stereocenters. The molecule has 2 amide bonds. The monoisotopic (exact) mass is 480 g/mol. The molecule has 1 aliphatic rings. The van der Waals surface area contributed by atoms with Crippen LogP contribution in [0.1, 0.15) is 34.3 Å². The van der Waals surface area contributed by atoms with Gasteiger partial charge < -0.3 is 15.0 Å². The van der Waals surface area contributed by atoms with E-state index in [1.54, 1.807) is 35.0 Å². The van der Waals surface area contributed by atoms with E-state index >= 15 is 0 Å². The van der Waals surface area contributed by atoms with E-state index in [1.165, 1.54) is 0 Å². The number of anilines is 2. The third-order valence-electron chi connectivity index (χ3n) is 6.32. The summed E-state index contributed by atoms with van der Waals surface area (Å²) >= 11 is 0. The van der Waals surface area contributed by atoms with E-state index in [0.717, 1.165) is 23.1 Å². The van der Waals surface area contributed by atoms with Crippen molar-refractivity contribution >= 4 is 23.2 Å². The number of amides is 2. The fourth-order valence-electron chi connectivity index (χ4n) is 4.44. The van der Waals surface area contributed by atoms with E-state index < -0.39 is 0 Å². The molecule has 1 aliphatic heterocycles. The predicted octanol–water partition coefficient (Wildman–Crippen LogP) is 5.29. The zero-order chi connectivity index (χ0) is 25.1. The largest absolute Gasteiger partial charge is 0.494 e. The lowest BCUT2D eigenvalue weighted by Crippen LogP contribution is -2.24. The van der Waals surface area contributed by atoms with E-state index in [0.29, 0.717) is 47.9 Å². The lowest BCUT2D eigenvalue weighted by Gasteiger charge is -2.19. The van der Waals surface area contributed by atoms with E-state index in [9.17, 15) is 9.59 Å². The molecule has 7 heteroatoms. The average molecular weight is 481 g/mol. The topological polar surface area (TPSA) is 76.5 Å². The standard InChI is InChI=1S/C29H28N4O3/c1-20-10-12-22(13-11-20)28-24(19-32(31-28)18-21-7-4-3-5-8-21)29(35)30-23-14-15-25(26(17-23)36-2)33-16-6-9-27(33)34/h3-5,7-8,10-15,17,19H,6,9,16,18H2,1-2H3,(H,30,35). The fourth-order valence-corrected chi connectivity index (χ4v) is 4.44. The van der Waals surface area contributed by atoms with Gasteiger partial charge in [0.2, 0.25) is 5.91 Å². The van der Waals surface area contributed by atoms with E-state index in [1.807, 2.05) is 67.6 Å². The Labute approximate surface area is 210 Å². The van der Waals surface area contributed by atoms with E-state index in [-0.39, 0.29) is 11.8 Å². The number of hydrogen-bond donors (Lipinski definition) is 1. The van der Waals surface area contributed by atoms with Crippen LogP contribution in [0.3, 0.4) is 0 Å². The van der Waals surface area contributed by atoms with Crippen molar-refractivity contribution in [1.82, 2.24) is 9.78 Å². The molecule has 0 aliphatic carbocycles. The molecule has 1 saturated heterocycles. The molecular formula is C29H28N4O3. The highest BCUT2D eigenvalue weighted by molar-refractivity contribution is 6.08. The molecule has 0 bridgehead atoms. The summed E-state index contributed by atoms with van der Waals surface area (Å²) in [5.41, 5.74) is 5.50. The number of aromatic nitrogens is 2. The van der Waals surface area contributed by atoms with E-state index in [2.05, 4.69) is 5.32 Å². The highest BCUT2D eigenvalue weighted by Gasteiger charge is 2.25. The lowest BCUT2D eigenvalue weighted by atomic mass is 10.1. The van der Waals surface area contributed by atoms with Crippen LogP contribution in [-0.4, -0.2) is 35.2 Å². The first-order valence-electron chi connectivity index (χ1n) is 12.0. The molecule has 0 radical (unpaired) electrons. The van der Waals surface area contributed by atoms with Crippen molar-refractivity contribution in [3.8, 4) is 17.0 Å². The zero-order valence-electron chi connectivity index (χ0n) is 20.4. The fraction of sp³-hybridized carbons (Fsp3) is 0.207. The van der Waals surface area contributed by atoms with Gasteiger partial charge in [0.25, 0.3) is 5.91 Å². The molecule has 2 heterocycles. The van der Waals surface area contributed by atoms with Crippen molar-refractivity contribution in [2.45, 2.75) is 26.3 Å². The molecule has 1 N–H and O–H groups in total. The van der Waals surface area contributed by atoms with Crippen molar-refractivity contribution in [2.24, 2.45) is 0 Å². The van der Waals surface area contributed by atoms with Crippen LogP contribution < -0.4 is 15.0 Å². The minimum atomic E-state index is -0.267. The highest BCUT2D eigenvalue weighted by Crippen LogP contribution is 2.34. The summed E-state index contributed by atoms with van der Waals surface area (Å²) in [5.74, 6) is 0.358. The summed E-state index contributed by atoms with van der Waals surface area (Å²) < 4.78 is 7.34. The van der Waals surface area contributed by atoms with Crippen LogP contribution in [0.15, 0.2) is 79.0 Å². The quantitative estimate of drug-likeness (QED) is 0.390. The number of aryl methyl sites for hydroxylation is 1. The molecule has 36 heavy (non-hydrogen) atoms. The van der Waals surface area contributed by atoms with Gasteiger partial charge in [0.15, 0.2) is 0 Å². The van der Waals surface area contributed by atoms with Crippen molar-refractivity contribution in [2.75, 3.05) is 23.9 Å². The molecule has 182 valence electrons. The normalized spacial score (nSPS) is 13.2. The number of nitrogens with zero attached hydrogens (tertiary/aromatic N) is 3. The first kappa shape index (κ1) is 23.4. The molecule has 3 aromatic carbocycles. The molecule has 1 aromatic heterocycles. The second kappa shape index (κ2) is 10.1. The van der Waals surface area contributed by atoms with Gasteiger partial charge >= 0.3 is 0 Å². The summed E-state index contributed by atoms with van der Waals surface area (Å²) in [5, 5.41) is 7.75. The minimum absolute atomic E-state index is 0.0821. The molecule has 0 spiro atoms. The Kier molecular flexibility index (Phi) is 6.54. The molecular weight excluding hydrogens is 452 g/mol. The van der Waals surface area contributed by atoms with Gasteiger partial charge in [0.1, 0.15) is 11.4 Å². The Bertz CT molecular complexity index is 1390. The highest BCUT2D eigenvalue weighted by atomic mass is 16.5. The molecule has 1 fully saturated rings. The predicted molar refractivity (Wildman–Crippen MR) is 140 cm³/mol. The number of methoxy groups -OCH3 is 1. The van der Waals surface area contributed by atoms with Gasteiger partial charge in [-0.3, -0.25) is 14.3 Å². The number of carbonyl (C=O) groups excluding carboxylic acids is 2. The van der Waals surface area contributed by atoms with Gasteiger partial charge in [-0.1, -0.05) is 60.2 Å². The molecule has 7 nitrogen and oxygen atoms in total. The number of nitrogens with one attached hydrogen (secondary N) is 1. The number of ether oxygens (including phenoxy) is 1. The first-order chi connectivity index (χ1) is 17.5. The summed E-state index contributed by atoms with van der Waals surface area (Å²) in [7, 11) is 1.56. The second-order valence-electron chi connectivity index (χ2n) is 8.93. The number of hydrogen-bond acceptors (Lipinski definition) is 4. The smallest absolute Gasteiger partial charge is 0.259 e. The maximum absolute atomic E-state index is 13.5. The summed E-state index contributed by atoms with van der Waals surface area (Å²) in [6.45, 7) is 3.25. The maximum atomic E-state index is 13.5. The third kappa shape index (κ3) is 4.86. The average Bonchev–Trinajstić information content (AvgIpc) is 3.51. The van der Waals surface area contributed by atoms with Crippen molar-refractivity contribution in [3.05, 3.63) is 95.7 Å². The zero-order valence-corrected chi connectivity index (χ0v) is 20.4. The molecule has 0 atom stereocenters. The van der Waals surface area contributed by atoms with Crippen molar-refractivity contribution in [3.63, 3.8) is 0 Å². The van der Waals surface area contributed by atoms with Crippen LogP contribution in [0.4, 0.5) is 11.4 Å². The molecule has 4 aromatic rings. The Morgan fingerprint density at radius 1 is 1.06 bits per heavy atom. The van der Waals surface area contributed by atoms with Gasteiger partial charge in [0, 0.05) is 36.5 Å². The second-order valence-corrected chi connectivity index (χ2v) is 8.93. The van der Waals surface area contributed by atoms with Crippen molar-refractivity contribution < 1.29 is 14.3 Å². The number of rotatable bonds is 7. The van der Waals surface area contributed by atoms with Crippen LogP contribution in [0, 0.1) is 6.92 Å². The Balaban J connectivity index is 1.45. The minimum Gasteiger partial charge on any atom is -0.494 e. The van der Waals surface area contributed by atoms with E-state index in [4.69, 9.17) is 9.84 Å². The third-order valence-corrected chi connectivity index (χ3v) is 6.32. The number of carbonyl (C=O) groups is 2. The number of benzene rings is 3. The maximum Gasteiger partial charge on any atom is 0.259 e. The van der Waals surface area contributed by atoms with Gasteiger partial charge in [0.05, 0.1) is 24.9 Å². The summed E-state index contributed by atoms with van der Waals surface area (Å²) in [6, 6.07) is 23.4. The van der Waals surface area contributed by atoms with Crippen LogP contribution in [0.5, 0.6) is 5.75 Å². The molecule has 5 rings (SSSR count). The van der Waals surface area contributed by atoms with Gasteiger partial charge in [-0.2, -0.15) is 5.10 Å².